The van der Waals surface area contributed by atoms with Gasteiger partial charge in [0.25, 0.3) is 0 Å². The summed E-state index contributed by atoms with van der Waals surface area (Å²) >= 11 is 1.52. The van der Waals surface area contributed by atoms with Crippen LogP contribution >= 0.6 is 11.3 Å². The fourth-order valence-corrected chi connectivity index (χ4v) is 1.96. The summed E-state index contributed by atoms with van der Waals surface area (Å²) in [5.74, 6) is 0.292. The first-order valence-electron chi connectivity index (χ1n) is 6.08. The molecular weight excluding hydrogens is 248 g/mol. The van der Waals surface area contributed by atoms with Crippen molar-refractivity contribution >= 4 is 22.4 Å². The fourth-order valence-electron chi connectivity index (χ4n) is 1.24. The number of carbonyl (C=O) groups is 1. The maximum Gasteiger partial charge on any atom is 0.311 e. The Labute approximate surface area is 113 Å². The molecule has 1 atom stereocenters. The number of ether oxygens (including phenoxy) is 1. The van der Waals surface area contributed by atoms with Crippen LogP contribution in [0.25, 0.3) is 0 Å². The molecule has 0 saturated heterocycles. The van der Waals surface area contributed by atoms with Crippen LogP contribution in [0, 0.1) is 11.3 Å². The highest BCUT2D eigenvalue weighted by Gasteiger charge is 2.19. The van der Waals surface area contributed by atoms with E-state index in [2.05, 4.69) is 42.7 Å². The molecule has 18 heavy (non-hydrogen) atoms. The van der Waals surface area contributed by atoms with Gasteiger partial charge in [0.2, 0.25) is 0 Å². The van der Waals surface area contributed by atoms with Crippen molar-refractivity contribution in [1.29, 1.82) is 0 Å². The SMILES string of the molecule is COC(=O)Cc1csc(NCC(C)C(C)(C)C)n1. The summed E-state index contributed by atoms with van der Waals surface area (Å²) in [5, 5.41) is 6.07. The van der Waals surface area contributed by atoms with Crippen molar-refractivity contribution in [3.63, 3.8) is 0 Å². The van der Waals surface area contributed by atoms with E-state index in [4.69, 9.17) is 0 Å². The molecule has 1 N–H and O–H groups in total. The quantitative estimate of drug-likeness (QED) is 0.836. The molecule has 0 aliphatic rings. The van der Waals surface area contributed by atoms with Crippen LogP contribution in [-0.2, 0) is 16.0 Å². The zero-order chi connectivity index (χ0) is 13.8. The lowest BCUT2D eigenvalue weighted by Gasteiger charge is -2.27. The fraction of sp³-hybridized carbons (Fsp3) is 0.692. The lowest BCUT2D eigenvalue weighted by Crippen LogP contribution is -2.24. The van der Waals surface area contributed by atoms with Crippen molar-refractivity contribution in [3.05, 3.63) is 11.1 Å². The van der Waals surface area contributed by atoms with E-state index < -0.39 is 0 Å². The third-order valence-corrected chi connectivity index (χ3v) is 3.99. The lowest BCUT2D eigenvalue weighted by molar-refractivity contribution is -0.139. The number of carbonyl (C=O) groups excluding carboxylic acids is 1. The normalized spacial score (nSPS) is 13.2. The van der Waals surface area contributed by atoms with Crippen molar-refractivity contribution in [2.45, 2.75) is 34.1 Å². The van der Waals surface area contributed by atoms with Gasteiger partial charge in [0.05, 0.1) is 19.2 Å². The molecule has 0 spiro atoms. The van der Waals surface area contributed by atoms with Gasteiger partial charge in [0.1, 0.15) is 0 Å². The number of nitrogens with one attached hydrogen (secondary N) is 1. The van der Waals surface area contributed by atoms with Crippen molar-refractivity contribution in [1.82, 2.24) is 4.98 Å². The van der Waals surface area contributed by atoms with Crippen molar-refractivity contribution in [3.8, 4) is 0 Å². The highest BCUT2D eigenvalue weighted by molar-refractivity contribution is 7.13. The summed E-state index contributed by atoms with van der Waals surface area (Å²) in [4.78, 5) is 15.5. The summed E-state index contributed by atoms with van der Waals surface area (Å²) in [5.41, 5.74) is 1.04. The predicted octanol–water partition coefficient (Wildman–Crippen LogP) is 2.95. The van der Waals surface area contributed by atoms with Gasteiger partial charge in [0.15, 0.2) is 5.13 Å². The predicted molar refractivity (Wildman–Crippen MR) is 74.9 cm³/mol. The highest BCUT2D eigenvalue weighted by Crippen LogP contribution is 2.26. The van der Waals surface area contributed by atoms with E-state index in [0.29, 0.717) is 5.92 Å². The Kier molecular flexibility index (Phi) is 5.14. The minimum absolute atomic E-state index is 0.240. The summed E-state index contributed by atoms with van der Waals surface area (Å²) < 4.78 is 4.61. The molecular formula is C13H22N2O2S. The Bertz CT molecular complexity index is 396. The number of hydrogen-bond donors (Lipinski definition) is 1. The molecule has 1 unspecified atom stereocenters. The number of aromatic nitrogens is 1. The number of esters is 1. The van der Waals surface area contributed by atoms with Crippen LogP contribution in [0.3, 0.4) is 0 Å². The maximum absolute atomic E-state index is 11.1. The van der Waals surface area contributed by atoms with Gasteiger partial charge < -0.3 is 10.1 Å². The van der Waals surface area contributed by atoms with Crippen LogP contribution in [0.4, 0.5) is 5.13 Å². The van der Waals surface area contributed by atoms with Crippen molar-refractivity contribution in [2.75, 3.05) is 19.0 Å². The Hall–Kier alpha value is -1.10. The van der Waals surface area contributed by atoms with Crippen LogP contribution in [0.1, 0.15) is 33.4 Å². The minimum Gasteiger partial charge on any atom is -0.469 e. The molecule has 0 bridgehead atoms. The van der Waals surface area contributed by atoms with Crippen LogP contribution in [-0.4, -0.2) is 24.6 Å². The van der Waals surface area contributed by atoms with E-state index in [1.54, 1.807) is 0 Å². The number of rotatable bonds is 5. The number of thiazole rings is 1. The first kappa shape index (κ1) is 15.0. The molecule has 1 aromatic rings. The first-order valence-corrected chi connectivity index (χ1v) is 6.96. The summed E-state index contributed by atoms with van der Waals surface area (Å²) in [6, 6.07) is 0. The van der Waals surface area contributed by atoms with E-state index in [0.717, 1.165) is 17.4 Å². The van der Waals surface area contributed by atoms with Gasteiger partial charge in [-0.05, 0) is 11.3 Å². The van der Waals surface area contributed by atoms with Crippen LogP contribution in [0.2, 0.25) is 0 Å². The molecule has 0 aliphatic carbocycles. The van der Waals surface area contributed by atoms with E-state index in [1.165, 1.54) is 18.4 Å². The standard InChI is InChI=1S/C13H22N2O2S/c1-9(13(2,3)4)7-14-12-15-10(8-18-12)6-11(16)17-5/h8-9H,6-7H2,1-5H3,(H,14,15). The number of anilines is 1. The maximum atomic E-state index is 11.1. The van der Waals surface area contributed by atoms with Gasteiger partial charge in [-0.2, -0.15) is 0 Å². The number of methoxy groups -OCH3 is 1. The molecule has 1 rings (SSSR count). The Morgan fingerprint density at radius 2 is 2.22 bits per heavy atom. The largest absolute Gasteiger partial charge is 0.469 e. The Morgan fingerprint density at radius 1 is 1.56 bits per heavy atom. The van der Waals surface area contributed by atoms with Gasteiger partial charge >= 0.3 is 5.97 Å². The van der Waals surface area contributed by atoms with E-state index in [1.807, 2.05) is 5.38 Å². The highest BCUT2D eigenvalue weighted by atomic mass is 32.1. The molecule has 0 aromatic carbocycles. The van der Waals surface area contributed by atoms with Gasteiger partial charge in [-0.25, -0.2) is 4.98 Å². The Morgan fingerprint density at radius 3 is 2.78 bits per heavy atom. The second-order valence-corrected chi connectivity index (χ2v) is 6.40. The molecule has 1 aromatic heterocycles. The van der Waals surface area contributed by atoms with Crippen LogP contribution in [0.5, 0.6) is 0 Å². The molecule has 5 heteroatoms. The van der Waals surface area contributed by atoms with Gasteiger partial charge in [0, 0.05) is 11.9 Å². The summed E-state index contributed by atoms with van der Waals surface area (Å²) in [7, 11) is 1.39. The smallest absolute Gasteiger partial charge is 0.311 e. The van der Waals surface area contributed by atoms with Crippen molar-refractivity contribution in [2.24, 2.45) is 11.3 Å². The van der Waals surface area contributed by atoms with Gasteiger partial charge in [-0.1, -0.05) is 27.7 Å². The molecule has 0 amide bonds. The summed E-state index contributed by atoms with van der Waals surface area (Å²) in [6.07, 6.45) is 0.240. The summed E-state index contributed by atoms with van der Waals surface area (Å²) in [6.45, 7) is 9.78. The van der Waals surface area contributed by atoms with Gasteiger partial charge in [-0.15, -0.1) is 11.3 Å². The van der Waals surface area contributed by atoms with Crippen LogP contribution < -0.4 is 5.32 Å². The third-order valence-electron chi connectivity index (χ3n) is 3.14. The number of nitrogens with zero attached hydrogens (tertiary/aromatic N) is 1. The molecule has 0 fully saturated rings. The molecule has 0 radical (unpaired) electrons. The van der Waals surface area contributed by atoms with Crippen LogP contribution in [0.15, 0.2) is 5.38 Å². The number of hydrogen-bond acceptors (Lipinski definition) is 5. The second-order valence-electron chi connectivity index (χ2n) is 5.54. The monoisotopic (exact) mass is 270 g/mol. The third kappa shape index (κ3) is 4.64. The van der Waals surface area contributed by atoms with Gasteiger partial charge in [-0.3, -0.25) is 4.79 Å². The average molecular weight is 270 g/mol. The molecule has 0 saturated carbocycles. The molecule has 0 aliphatic heterocycles. The van der Waals surface area contributed by atoms with Crippen molar-refractivity contribution < 1.29 is 9.53 Å². The second kappa shape index (κ2) is 6.18. The van der Waals surface area contributed by atoms with E-state index >= 15 is 0 Å². The van der Waals surface area contributed by atoms with E-state index in [-0.39, 0.29) is 17.8 Å². The first-order chi connectivity index (χ1) is 8.32. The Balaban J connectivity index is 2.47. The van der Waals surface area contributed by atoms with E-state index in [9.17, 15) is 4.79 Å². The average Bonchev–Trinajstić information content (AvgIpc) is 2.72. The molecule has 4 nitrogen and oxygen atoms in total. The molecule has 1 heterocycles. The zero-order valence-corrected chi connectivity index (χ0v) is 12.6. The lowest BCUT2D eigenvalue weighted by atomic mass is 9.82. The molecule has 102 valence electrons. The topological polar surface area (TPSA) is 51.2 Å². The minimum atomic E-state index is -0.255. The zero-order valence-electron chi connectivity index (χ0n) is 11.7.